The Morgan fingerprint density at radius 3 is 2.84 bits per heavy atom. The van der Waals surface area contributed by atoms with Gasteiger partial charge < -0.3 is 14.1 Å². The molecule has 5 heteroatoms. The maximum absolute atomic E-state index is 12.8. The van der Waals surface area contributed by atoms with Crippen LogP contribution in [0.3, 0.4) is 0 Å². The number of benzene rings is 1. The zero-order chi connectivity index (χ0) is 17.2. The van der Waals surface area contributed by atoms with Gasteiger partial charge in [-0.3, -0.25) is 4.79 Å². The summed E-state index contributed by atoms with van der Waals surface area (Å²) in [4.78, 5) is 18.9. The number of hydrogen-bond acceptors (Lipinski definition) is 4. The third-order valence-electron chi connectivity index (χ3n) is 4.46. The van der Waals surface area contributed by atoms with Crippen LogP contribution in [-0.2, 0) is 17.8 Å². The standard InChI is InChI=1S/C20H20N2O3/c1-14-7-9-15(10-8-14)22-12-11-17-19(20(22)23)25-18(21-17)13-24-16-5-3-2-4-6-16/h2-3,5,7-10H,4,6,11-13H2,1H3. The second kappa shape index (κ2) is 6.59. The van der Waals surface area contributed by atoms with Crippen molar-refractivity contribution in [1.29, 1.82) is 0 Å². The van der Waals surface area contributed by atoms with E-state index in [-0.39, 0.29) is 12.5 Å². The third-order valence-corrected chi connectivity index (χ3v) is 4.46. The Labute approximate surface area is 146 Å². The van der Waals surface area contributed by atoms with Gasteiger partial charge in [0.15, 0.2) is 6.61 Å². The van der Waals surface area contributed by atoms with Crippen molar-refractivity contribution >= 4 is 11.6 Å². The smallest absolute Gasteiger partial charge is 0.296 e. The number of rotatable bonds is 4. The average molecular weight is 336 g/mol. The highest BCUT2D eigenvalue weighted by Crippen LogP contribution is 2.26. The van der Waals surface area contributed by atoms with Gasteiger partial charge in [-0.15, -0.1) is 0 Å². The van der Waals surface area contributed by atoms with E-state index in [2.05, 4.69) is 11.1 Å². The molecule has 0 saturated carbocycles. The molecule has 0 fully saturated rings. The van der Waals surface area contributed by atoms with Crippen LogP contribution in [0.15, 0.2) is 52.7 Å². The van der Waals surface area contributed by atoms with Crippen LogP contribution in [0.1, 0.15) is 40.5 Å². The molecule has 1 aromatic carbocycles. The molecule has 25 heavy (non-hydrogen) atoms. The number of nitrogens with zero attached hydrogens (tertiary/aromatic N) is 2. The van der Waals surface area contributed by atoms with Gasteiger partial charge in [0.2, 0.25) is 11.7 Å². The molecule has 2 aromatic rings. The Kier molecular flexibility index (Phi) is 4.14. The first-order chi connectivity index (χ1) is 12.2. The van der Waals surface area contributed by atoms with Crippen molar-refractivity contribution in [3.05, 3.63) is 71.2 Å². The van der Waals surface area contributed by atoms with Crippen molar-refractivity contribution < 1.29 is 13.9 Å². The number of oxazole rings is 1. The number of amides is 1. The zero-order valence-corrected chi connectivity index (χ0v) is 14.2. The first kappa shape index (κ1) is 15.7. The van der Waals surface area contributed by atoms with Gasteiger partial charge in [-0.1, -0.05) is 29.8 Å². The number of fused-ring (bicyclic) bond motifs is 1. The van der Waals surface area contributed by atoms with E-state index in [4.69, 9.17) is 9.15 Å². The second-order valence-corrected chi connectivity index (χ2v) is 6.31. The van der Waals surface area contributed by atoms with E-state index in [9.17, 15) is 4.79 Å². The summed E-state index contributed by atoms with van der Waals surface area (Å²) in [7, 11) is 0. The Balaban J connectivity index is 1.49. The molecule has 1 aliphatic heterocycles. The number of hydrogen-bond donors (Lipinski definition) is 0. The summed E-state index contributed by atoms with van der Waals surface area (Å²) in [6.07, 6.45) is 8.60. The minimum absolute atomic E-state index is 0.135. The van der Waals surface area contributed by atoms with Crippen LogP contribution in [0.5, 0.6) is 0 Å². The van der Waals surface area contributed by atoms with E-state index in [1.54, 1.807) is 4.90 Å². The van der Waals surface area contributed by atoms with Gasteiger partial charge in [0.05, 0.1) is 11.5 Å². The second-order valence-electron chi connectivity index (χ2n) is 6.31. The molecule has 2 aliphatic rings. The van der Waals surface area contributed by atoms with Crippen molar-refractivity contribution in [2.75, 3.05) is 11.4 Å². The SMILES string of the molecule is Cc1ccc(N2CCc3nc(COC4=CC=CCC4)oc3C2=O)cc1. The minimum Gasteiger partial charge on any atom is -0.488 e. The summed E-state index contributed by atoms with van der Waals surface area (Å²) < 4.78 is 11.4. The van der Waals surface area contributed by atoms with Crippen molar-refractivity contribution in [2.24, 2.45) is 0 Å². The van der Waals surface area contributed by atoms with Gasteiger partial charge in [-0.2, -0.15) is 0 Å². The Morgan fingerprint density at radius 2 is 2.08 bits per heavy atom. The van der Waals surface area contributed by atoms with Crippen LogP contribution in [0.2, 0.25) is 0 Å². The molecule has 0 radical (unpaired) electrons. The lowest BCUT2D eigenvalue weighted by Crippen LogP contribution is -2.37. The average Bonchev–Trinajstić information content (AvgIpc) is 3.06. The topological polar surface area (TPSA) is 55.6 Å². The lowest BCUT2D eigenvalue weighted by molar-refractivity contribution is 0.0944. The van der Waals surface area contributed by atoms with Gasteiger partial charge in [0, 0.05) is 25.1 Å². The third kappa shape index (κ3) is 3.22. The first-order valence-electron chi connectivity index (χ1n) is 8.56. The maximum atomic E-state index is 12.8. The van der Waals surface area contributed by atoms with Gasteiger partial charge >= 0.3 is 0 Å². The number of allylic oxidation sites excluding steroid dienone is 4. The van der Waals surface area contributed by atoms with Crippen molar-refractivity contribution in [2.45, 2.75) is 32.8 Å². The monoisotopic (exact) mass is 336 g/mol. The molecule has 0 saturated heterocycles. The van der Waals surface area contributed by atoms with Gasteiger partial charge in [0.25, 0.3) is 5.91 Å². The Morgan fingerprint density at radius 1 is 1.24 bits per heavy atom. The molecule has 1 aliphatic carbocycles. The van der Waals surface area contributed by atoms with Crippen LogP contribution in [0, 0.1) is 6.92 Å². The number of aromatic nitrogens is 1. The fraction of sp³-hybridized carbons (Fsp3) is 0.300. The highest BCUT2D eigenvalue weighted by molar-refractivity contribution is 6.05. The molecule has 1 amide bonds. The van der Waals surface area contributed by atoms with Crippen molar-refractivity contribution in [3.63, 3.8) is 0 Å². The molecular weight excluding hydrogens is 316 g/mol. The molecule has 5 nitrogen and oxygen atoms in total. The predicted molar refractivity (Wildman–Crippen MR) is 94.3 cm³/mol. The van der Waals surface area contributed by atoms with Crippen LogP contribution in [0.25, 0.3) is 0 Å². The number of aryl methyl sites for hydroxylation is 1. The first-order valence-corrected chi connectivity index (χ1v) is 8.56. The summed E-state index contributed by atoms with van der Waals surface area (Å²) >= 11 is 0. The van der Waals surface area contributed by atoms with Crippen LogP contribution >= 0.6 is 0 Å². The molecule has 128 valence electrons. The number of ether oxygens (including phenoxy) is 1. The van der Waals surface area contributed by atoms with E-state index in [1.165, 1.54) is 5.56 Å². The van der Waals surface area contributed by atoms with Crippen LogP contribution < -0.4 is 4.90 Å². The Hall–Kier alpha value is -2.82. The predicted octanol–water partition coefficient (Wildman–Crippen LogP) is 3.94. The number of anilines is 1. The number of carbonyl (C=O) groups is 1. The molecule has 1 aromatic heterocycles. The summed E-state index contributed by atoms with van der Waals surface area (Å²) in [5, 5.41) is 0. The van der Waals surface area contributed by atoms with E-state index in [0.717, 1.165) is 30.0 Å². The van der Waals surface area contributed by atoms with E-state index >= 15 is 0 Å². The van der Waals surface area contributed by atoms with Gasteiger partial charge in [0.1, 0.15) is 0 Å². The molecule has 2 heterocycles. The zero-order valence-electron chi connectivity index (χ0n) is 14.2. The molecule has 0 N–H and O–H groups in total. The summed E-state index contributed by atoms with van der Waals surface area (Å²) in [6, 6.07) is 7.93. The van der Waals surface area contributed by atoms with Crippen LogP contribution in [-0.4, -0.2) is 17.4 Å². The van der Waals surface area contributed by atoms with E-state index in [1.807, 2.05) is 43.3 Å². The largest absolute Gasteiger partial charge is 0.488 e. The highest BCUT2D eigenvalue weighted by atomic mass is 16.5. The number of carbonyl (C=O) groups excluding carboxylic acids is 1. The van der Waals surface area contributed by atoms with Crippen LogP contribution in [0.4, 0.5) is 5.69 Å². The normalized spacial score (nSPS) is 16.6. The lowest BCUT2D eigenvalue weighted by Gasteiger charge is -2.25. The fourth-order valence-electron chi connectivity index (χ4n) is 3.07. The molecule has 0 bridgehead atoms. The fourth-order valence-corrected chi connectivity index (χ4v) is 3.07. The molecule has 0 unspecified atom stereocenters. The van der Waals surface area contributed by atoms with E-state index < -0.39 is 0 Å². The van der Waals surface area contributed by atoms with Gasteiger partial charge in [-0.05, 0) is 31.6 Å². The van der Waals surface area contributed by atoms with Gasteiger partial charge in [-0.25, -0.2) is 4.98 Å². The Bertz CT molecular complexity index is 846. The lowest BCUT2D eigenvalue weighted by atomic mass is 10.1. The maximum Gasteiger partial charge on any atom is 0.296 e. The van der Waals surface area contributed by atoms with E-state index in [0.29, 0.717) is 24.6 Å². The molecule has 0 atom stereocenters. The highest BCUT2D eigenvalue weighted by Gasteiger charge is 2.31. The molecule has 0 spiro atoms. The molecular formula is C20H20N2O3. The summed E-state index contributed by atoms with van der Waals surface area (Å²) in [5.74, 6) is 1.58. The quantitative estimate of drug-likeness (QED) is 0.849. The van der Waals surface area contributed by atoms with Crippen molar-refractivity contribution in [3.8, 4) is 0 Å². The summed E-state index contributed by atoms with van der Waals surface area (Å²) in [6.45, 7) is 2.89. The minimum atomic E-state index is -0.135. The van der Waals surface area contributed by atoms with Crippen molar-refractivity contribution in [1.82, 2.24) is 4.98 Å². The molecule has 4 rings (SSSR count). The summed E-state index contributed by atoms with van der Waals surface area (Å²) in [5.41, 5.74) is 2.78.